The molecule has 1 heterocycles. The summed E-state index contributed by atoms with van der Waals surface area (Å²) in [6.45, 7) is 3.97. The van der Waals surface area contributed by atoms with E-state index < -0.39 is 0 Å². The molecule has 0 amide bonds. The lowest BCUT2D eigenvalue weighted by molar-refractivity contribution is 0.390. The first-order valence-electron chi connectivity index (χ1n) is 9.55. The Labute approximate surface area is 171 Å². The minimum Gasteiger partial charge on any atom is -0.497 e. The van der Waals surface area contributed by atoms with Gasteiger partial charge in [0.2, 0.25) is 0 Å². The van der Waals surface area contributed by atoms with Crippen LogP contribution < -0.4 is 20.1 Å². The van der Waals surface area contributed by atoms with Crippen LogP contribution in [0.4, 0.5) is 0 Å². The quantitative estimate of drug-likeness (QED) is 0.454. The second-order valence-corrected chi connectivity index (χ2v) is 6.35. The number of nitrogens with one attached hydrogen (secondary N) is 2. The molecule has 7 nitrogen and oxygen atoms in total. The van der Waals surface area contributed by atoms with Crippen molar-refractivity contribution in [3.8, 4) is 17.2 Å². The maximum atomic E-state index is 5.47. The number of nitrogens with zero attached hydrogens (tertiary/aromatic N) is 3. The number of hydrogen-bond acceptors (Lipinski definition) is 4. The molecule has 0 radical (unpaired) electrons. The zero-order valence-electron chi connectivity index (χ0n) is 17.1. The minimum absolute atomic E-state index is 0.560. The van der Waals surface area contributed by atoms with Crippen molar-refractivity contribution in [3.05, 3.63) is 72.1 Å². The highest BCUT2D eigenvalue weighted by atomic mass is 16.5. The fourth-order valence-corrected chi connectivity index (χ4v) is 2.91. The largest absolute Gasteiger partial charge is 0.497 e. The Balaban J connectivity index is 1.68. The normalized spacial score (nSPS) is 11.2. The molecule has 0 aliphatic rings. The first-order valence-corrected chi connectivity index (χ1v) is 9.55. The number of aliphatic imine (C=N–C) groups is 1. The molecule has 0 unspecified atom stereocenters. The summed E-state index contributed by atoms with van der Waals surface area (Å²) in [7, 11) is 3.30. The van der Waals surface area contributed by atoms with Crippen LogP contribution in [-0.2, 0) is 13.1 Å². The Morgan fingerprint density at radius 2 is 1.97 bits per heavy atom. The van der Waals surface area contributed by atoms with Crippen LogP contribution in [0, 0.1) is 0 Å². The van der Waals surface area contributed by atoms with Gasteiger partial charge >= 0.3 is 0 Å². The van der Waals surface area contributed by atoms with E-state index in [2.05, 4.69) is 27.9 Å². The number of aromatic nitrogens is 2. The third-order valence-corrected chi connectivity index (χ3v) is 4.38. The zero-order valence-corrected chi connectivity index (χ0v) is 17.1. The molecule has 0 saturated heterocycles. The molecule has 0 fully saturated rings. The number of benzene rings is 2. The number of ether oxygens (including phenoxy) is 2. The molecule has 152 valence electrons. The maximum Gasteiger partial charge on any atom is 0.191 e. The Hall–Kier alpha value is -3.48. The number of guanidine groups is 1. The molecular formula is C22H27N5O2. The highest BCUT2D eigenvalue weighted by Gasteiger charge is 2.06. The molecule has 3 aromatic rings. The maximum absolute atomic E-state index is 5.47. The van der Waals surface area contributed by atoms with E-state index in [0.717, 1.165) is 40.8 Å². The molecule has 0 spiro atoms. The number of rotatable bonds is 8. The fraction of sp³-hybridized carbons (Fsp3) is 0.273. The Bertz CT molecular complexity index is 938. The average Bonchev–Trinajstić information content (AvgIpc) is 3.31. The molecule has 29 heavy (non-hydrogen) atoms. The van der Waals surface area contributed by atoms with Gasteiger partial charge in [0, 0.05) is 37.1 Å². The van der Waals surface area contributed by atoms with Gasteiger partial charge in [0.1, 0.15) is 11.5 Å². The fourth-order valence-electron chi connectivity index (χ4n) is 2.91. The summed E-state index contributed by atoms with van der Waals surface area (Å²) in [6.07, 6.45) is 3.70. The number of methoxy groups -OCH3 is 2. The first kappa shape index (κ1) is 20.3. The monoisotopic (exact) mass is 393 g/mol. The summed E-state index contributed by atoms with van der Waals surface area (Å²) in [5.74, 6) is 2.29. The van der Waals surface area contributed by atoms with E-state index in [0.29, 0.717) is 13.1 Å². The van der Waals surface area contributed by atoms with Crippen molar-refractivity contribution in [1.82, 2.24) is 20.4 Å². The summed E-state index contributed by atoms with van der Waals surface area (Å²) in [5.41, 5.74) is 3.15. The SMILES string of the molecule is CCNC(=NCc1cccc(-n2cccn2)c1)NCc1ccc(OC)cc1OC. The van der Waals surface area contributed by atoms with Crippen LogP contribution in [0.3, 0.4) is 0 Å². The van der Waals surface area contributed by atoms with E-state index >= 15 is 0 Å². The first-order chi connectivity index (χ1) is 14.2. The number of hydrogen-bond donors (Lipinski definition) is 2. The van der Waals surface area contributed by atoms with Gasteiger partial charge in [-0.3, -0.25) is 0 Å². The molecule has 2 N–H and O–H groups in total. The van der Waals surface area contributed by atoms with Gasteiger partial charge < -0.3 is 20.1 Å². The van der Waals surface area contributed by atoms with Crippen LogP contribution in [0.1, 0.15) is 18.1 Å². The highest BCUT2D eigenvalue weighted by molar-refractivity contribution is 5.79. The summed E-state index contributed by atoms with van der Waals surface area (Å²) in [6, 6.07) is 15.9. The van der Waals surface area contributed by atoms with Gasteiger partial charge in [-0.05, 0) is 42.8 Å². The predicted octanol–water partition coefficient (Wildman–Crippen LogP) is 3.14. The van der Waals surface area contributed by atoms with E-state index in [4.69, 9.17) is 14.5 Å². The van der Waals surface area contributed by atoms with Crippen LogP contribution in [0.25, 0.3) is 5.69 Å². The van der Waals surface area contributed by atoms with Crippen molar-refractivity contribution in [2.75, 3.05) is 20.8 Å². The van der Waals surface area contributed by atoms with Crippen molar-refractivity contribution in [3.63, 3.8) is 0 Å². The van der Waals surface area contributed by atoms with Crippen molar-refractivity contribution >= 4 is 5.96 Å². The molecular weight excluding hydrogens is 366 g/mol. The van der Waals surface area contributed by atoms with Crippen LogP contribution in [-0.4, -0.2) is 36.5 Å². The zero-order chi connectivity index (χ0) is 20.5. The van der Waals surface area contributed by atoms with E-state index in [1.165, 1.54) is 0 Å². The van der Waals surface area contributed by atoms with E-state index in [1.807, 2.05) is 54.2 Å². The lowest BCUT2D eigenvalue weighted by Gasteiger charge is -2.14. The van der Waals surface area contributed by atoms with E-state index in [-0.39, 0.29) is 0 Å². The lowest BCUT2D eigenvalue weighted by atomic mass is 10.2. The molecule has 2 aromatic carbocycles. The van der Waals surface area contributed by atoms with Gasteiger partial charge in [0.15, 0.2) is 5.96 Å². The molecule has 0 saturated carbocycles. The third kappa shape index (κ3) is 5.51. The smallest absolute Gasteiger partial charge is 0.191 e. The van der Waals surface area contributed by atoms with Crippen molar-refractivity contribution in [1.29, 1.82) is 0 Å². The van der Waals surface area contributed by atoms with Crippen LogP contribution in [0.15, 0.2) is 65.9 Å². The highest BCUT2D eigenvalue weighted by Crippen LogP contribution is 2.24. The summed E-state index contributed by atoms with van der Waals surface area (Å²) >= 11 is 0. The standard InChI is InChI=1S/C22H27N5O2/c1-4-23-22(25-16-18-9-10-20(28-2)14-21(18)29-3)24-15-17-7-5-8-19(13-17)27-12-6-11-26-27/h5-14H,4,15-16H2,1-3H3,(H2,23,24,25). The molecule has 0 aliphatic carbocycles. The summed E-state index contributed by atoms with van der Waals surface area (Å²) < 4.78 is 12.6. The topological polar surface area (TPSA) is 72.7 Å². The van der Waals surface area contributed by atoms with Gasteiger partial charge in [0.05, 0.1) is 26.5 Å². The summed E-state index contributed by atoms with van der Waals surface area (Å²) in [5, 5.41) is 10.9. The average molecular weight is 393 g/mol. The van der Waals surface area contributed by atoms with Gasteiger partial charge in [-0.2, -0.15) is 5.10 Å². The van der Waals surface area contributed by atoms with Crippen molar-refractivity contribution in [2.24, 2.45) is 4.99 Å². The molecule has 0 atom stereocenters. The van der Waals surface area contributed by atoms with Crippen LogP contribution in [0.2, 0.25) is 0 Å². The lowest BCUT2D eigenvalue weighted by Crippen LogP contribution is -2.36. The Kier molecular flexibility index (Phi) is 7.10. The van der Waals surface area contributed by atoms with Gasteiger partial charge in [0.25, 0.3) is 0 Å². The molecule has 1 aromatic heterocycles. The van der Waals surface area contributed by atoms with Crippen LogP contribution >= 0.6 is 0 Å². The predicted molar refractivity (Wildman–Crippen MR) is 115 cm³/mol. The molecule has 0 aliphatic heterocycles. The van der Waals surface area contributed by atoms with Crippen LogP contribution in [0.5, 0.6) is 11.5 Å². The molecule has 0 bridgehead atoms. The summed E-state index contributed by atoms with van der Waals surface area (Å²) in [4.78, 5) is 4.71. The molecule has 7 heteroatoms. The molecule has 3 rings (SSSR count). The minimum atomic E-state index is 0.560. The second kappa shape index (κ2) is 10.2. The third-order valence-electron chi connectivity index (χ3n) is 4.38. The van der Waals surface area contributed by atoms with Gasteiger partial charge in [-0.25, -0.2) is 9.67 Å². The Morgan fingerprint density at radius 1 is 1.07 bits per heavy atom. The van der Waals surface area contributed by atoms with Gasteiger partial charge in [-0.15, -0.1) is 0 Å². The van der Waals surface area contributed by atoms with E-state index in [9.17, 15) is 0 Å². The second-order valence-electron chi connectivity index (χ2n) is 6.35. The Morgan fingerprint density at radius 3 is 2.69 bits per heavy atom. The van der Waals surface area contributed by atoms with Crippen molar-refractivity contribution < 1.29 is 9.47 Å². The van der Waals surface area contributed by atoms with Gasteiger partial charge in [-0.1, -0.05) is 12.1 Å². The van der Waals surface area contributed by atoms with Crippen molar-refractivity contribution in [2.45, 2.75) is 20.0 Å². The van der Waals surface area contributed by atoms with E-state index in [1.54, 1.807) is 20.4 Å².